The van der Waals surface area contributed by atoms with E-state index in [1.54, 1.807) is 51.2 Å². The van der Waals surface area contributed by atoms with Gasteiger partial charge in [0.05, 0.1) is 46.3 Å². The van der Waals surface area contributed by atoms with Crippen molar-refractivity contribution < 1.29 is 29.3 Å². The third-order valence-electron chi connectivity index (χ3n) is 8.73. The standard InChI is InChI=1S/C35H41N11O6/c1-6-45-26(14-19(3)41-45)31(49)39-34-37-23-16-21(30(36)48)10-11-25(23)43(34)12-8-9-13-44-29-24(17-22(18-28(29)47)33(51)52-5)38-35(44)40-32(50)27-15-20(4)42-46(27)7-2/h10-11,14-18,31,47,49H,6-9,12-13H2,1-5H3,(H2,36,48)(H,37,39)(H,38,40,50). The summed E-state index contributed by atoms with van der Waals surface area (Å²) in [6, 6.07) is 11.3. The molecule has 6 aromatic rings. The van der Waals surface area contributed by atoms with Gasteiger partial charge in [0.15, 0.2) is 6.23 Å². The van der Waals surface area contributed by atoms with Gasteiger partial charge in [0.2, 0.25) is 17.8 Å². The Morgan fingerprint density at radius 2 is 1.52 bits per heavy atom. The molecule has 17 nitrogen and oxygen atoms in total. The molecule has 0 fully saturated rings. The van der Waals surface area contributed by atoms with E-state index in [2.05, 4.69) is 25.8 Å². The van der Waals surface area contributed by atoms with Crippen LogP contribution in [0.3, 0.4) is 0 Å². The lowest BCUT2D eigenvalue weighted by Gasteiger charge is -2.17. The number of rotatable bonds is 14. The molecular formula is C35H41N11O6. The monoisotopic (exact) mass is 711 g/mol. The van der Waals surface area contributed by atoms with E-state index < -0.39 is 24.0 Å². The Balaban J connectivity index is 1.29. The predicted molar refractivity (Wildman–Crippen MR) is 192 cm³/mol. The van der Waals surface area contributed by atoms with Crippen molar-refractivity contribution in [2.75, 3.05) is 17.7 Å². The zero-order valence-corrected chi connectivity index (χ0v) is 29.5. The number of hydrogen-bond acceptors (Lipinski definition) is 11. The van der Waals surface area contributed by atoms with Crippen LogP contribution in [0.5, 0.6) is 5.75 Å². The molecule has 4 heterocycles. The zero-order chi connectivity index (χ0) is 37.3. The van der Waals surface area contributed by atoms with Gasteiger partial charge in [0, 0.05) is 31.7 Å². The highest BCUT2D eigenvalue weighted by Gasteiger charge is 2.23. The van der Waals surface area contributed by atoms with E-state index in [1.807, 2.05) is 25.3 Å². The van der Waals surface area contributed by atoms with Gasteiger partial charge in [-0.3, -0.25) is 24.3 Å². The van der Waals surface area contributed by atoms with Gasteiger partial charge in [-0.1, -0.05) is 0 Å². The molecule has 0 radical (unpaired) electrons. The largest absolute Gasteiger partial charge is 0.506 e. The second kappa shape index (κ2) is 14.6. The van der Waals surface area contributed by atoms with E-state index in [4.69, 9.17) is 15.5 Å². The number of benzene rings is 2. The molecule has 0 aliphatic carbocycles. The lowest BCUT2D eigenvalue weighted by molar-refractivity contribution is 0.0600. The first-order valence-corrected chi connectivity index (χ1v) is 16.9. The SMILES string of the molecule is CCn1nc(C)cc1C(=O)Nc1nc2cc(C(=O)OC)cc(O)c2n1CCCCn1c(NC(O)c2cc(C)nn2CC)nc2cc(C(N)=O)ccc21. The Kier molecular flexibility index (Phi) is 9.96. The number of unbranched alkanes of at least 4 members (excludes halogenated alkanes) is 1. The Morgan fingerprint density at radius 3 is 2.21 bits per heavy atom. The van der Waals surface area contributed by atoms with E-state index >= 15 is 0 Å². The second-order valence-corrected chi connectivity index (χ2v) is 12.3. The molecule has 52 heavy (non-hydrogen) atoms. The van der Waals surface area contributed by atoms with Crippen molar-refractivity contribution >= 4 is 51.7 Å². The molecule has 0 spiro atoms. The van der Waals surface area contributed by atoms with E-state index in [9.17, 15) is 24.6 Å². The number of imidazole rings is 2. The number of carbonyl (C=O) groups is 3. The van der Waals surface area contributed by atoms with Crippen LogP contribution in [0.15, 0.2) is 42.5 Å². The summed E-state index contributed by atoms with van der Waals surface area (Å²) in [5, 5.41) is 37.1. The summed E-state index contributed by atoms with van der Waals surface area (Å²) in [6.45, 7) is 9.27. The number of aromatic hydroxyl groups is 1. The van der Waals surface area contributed by atoms with Crippen molar-refractivity contribution in [3.63, 3.8) is 0 Å². The molecule has 0 bridgehead atoms. The number of ether oxygens (including phenoxy) is 1. The number of aryl methyl sites for hydroxylation is 6. The number of anilines is 2. The number of aliphatic hydroxyl groups is 1. The number of nitrogens with one attached hydrogen (secondary N) is 2. The van der Waals surface area contributed by atoms with Crippen LogP contribution in [-0.2, 0) is 30.9 Å². The van der Waals surface area contributed by atoms with E-state index in [0.717, 1.165) is 11.2 Å². The number of nitrogens with two attached hydrogens (primary N) is 1. The normalized spacial score (nSPS) is 12.0. The van der Waals surface area contributed by atoms with Crippen LogP contribution in [0.25, 0.3) is 22.1 Å². The Morgan fingerprint density at radius 1 is 0.865 bits per heavy atom. The van der Waals surface area contributed by atoms with Crippen molar-refractivity contribution in [1.29, 1.82) is 0 Å². The number of methoxy groups -OCH3 is 1. The van der Waals surface area contributed by atoms with Crippen LogP contribution in [0, 0.1) is 13.8 Å². The topological polar surface area (TPSA) is 222 Å². The molecule has 1 atom stereocenters. The quantitative estimate of drug-likeness (QED) is 0.0620. The minimum atomic E-state index is -1.12. The van der Waals surface area contributed by atoms with Gasteiger partial charge in [-0.05, 0) is 83.0 Å². The molecule has 17 heteroatoms. The van der Waals surface area contributed by atoms with E-state index in [0.29, 0.717) is 84.2 Å². The van der Waals surface area contributed by atoms with Crippen molar-refractivity contribution in [3.05, 3.63) is 76.4 Å². The van der Waals surface area contributed by atoms with Gasteiger partial charge >= 0.3 is 5.97 Å². The van der Waals surface area contributed by atoms with Gasteiger partial charge in [-0.25, -0.2) is 14.8 Å². The summed E-state index contributed by atoms with van der Waals surface area (Å²) >= 11 is 0. The minimum absolute atomic E-state index is 0.112. The molecule has 272 valence electrons. The number of nitrogens with zero attached hydrogens (tertiary/aromatic N) is 8. The fraction of sp³-hybridized carbons (Fsp3) is 0.343. The Labute approximate surface area is 298 Å². The smallest absolute Gasteiger partial charge is 0.338 e. The number of carbonyl (C=O) groups excluding carboxylic acids is 3. The lowest BCUT2D eigenvalue weighted by Crippen LogP contribution is -2.20. The van der Waals surface area contributed by atoms with Crippen LogP contribution in [0.2, 0.25) is 0 Å². The molecular weight excluding hydrogens is 670 g/mol. The van der Waals surface area contributed by atoms with E-state index in [1.165, 1.54) is 19.2 Å². The predicted octanol–water partition coefficient (Wildman–Crippen LogP) is 3.86. The summed E-state index contributed by atoms with van der Waals surface area (Å²) in [4.78, 5) is 47.0. The van der Waals surface area contributed by atoms with Crippen molar-refractivity contribution in [2.45, 2.75) is 72.9 Å². The number of aliphatic hydroxyl groups excluding tert-OH is 1. The number of esters is 1. The summed E-state index contributed by atoms with van der Waals surface area (Å²) in [5.74, 6) is -1.30. The third kappa shape index (κ3) is 6.89. The average molecular weight is 712 g/mol. The maximum absolute atomic E-state index is 13.5. The molecule has 0 saturated heterocycles. The summed E-state index contributed by atoms with van der Waals surface area (Å²) in [7, 11) is 1.25. The molecule has 2 aromatic carbocycles. The number of primary amides is 1. The molecule has 0 aliphatic heterocycles. The first-order valence-electron chi connectivity index (χ1n) is 16.9. The summed E-state index contributed by atoms with van der Waals surface area (Å²) < 4.78 is 11.7. The third-order valence-corrected chi connectivity index (χ3v) is 8.73. The molecule has 0 aliphatic rings. The maximum atomic E-state index is 13.5. The summed E-state index contributed by atoms with van der Waals surface area (Å²) in [5.41, 5.74) is 10.2. The van der Waals surface area contributed by atoms with Crippen LogP contribution >= 0.6 is 0 Å². The molecule has 4 aromatic heterocycles. The van der Waals surface area contributed by atoms with Gasteiger partial charge in [-0.15, -0.1) is 0 Å². The van der Waals surface area contributed by atoms with Crippen LogP contribution in [0.4, 0.5) is 11.9 Å². The minimum Gasteiger partial charge on any atom is -0.506 e. The molecule has 6 rings (SSSR count). The fourth-order valence-electron chi connectivity index (χ4n) is 6.32. The number of fused-ring (bicyclic) bond motifs is 2. The lowest BCUT2D eigenvalue weighted by atomic mass is 10.2. The highest BCUT2D eigenvalue weighted by molar-refractivity contribution is 6.04. The Hall–Kier alpha value is -6.23. The van der Waals surface area contributed by atoms with Gasteiger partial charge < -0.3 is 35.1 Å². The number of aromatic nitrogens is 8. The van der Waals surface area contributed by atoms with Gasteiger partial charge in [0.25, 0.3) is 5.91 Å². The second-order valence-electron chi connectivity index (χ2n) is 12.3. The number of hydrogen-bond donors (Lipinski definition) is 5. The number of phenolic OH excluding ortho intramolecular Hbond substituents is 1. The Bertz CT molecular complexity index is 2310. The molecule has 2 amide bonds. The first kappa shape index (κ1) is 35.6. The first-order chi connectivity index (χ1) is 24.9. The van der Waals surface area contributed by atoms with Crippen LogP contribution < -0.4 is 16.4 Å². The molecule has 0 saturated carbocycles. The highest BCUT2D eigenvalue weighted by Crippen LogP contribution is 2.31. The maximum Gasteiger partial charge on any atom is 0.338 e. The number of phenols is 1. The van der Waals surface area contributed by atoms with E-state index in [-0.39, 0.29) is 17.3 Å². The highest BCUT2D eigenvalue weighted by atomic mass is 16.5. The average Bonchev–Trinajstić information content (AvgIpc) is 3.88. The van der Waals surface area contributed by atoms with Crippen LogP contribution in [-0.4, -0.2) is 73.8 Å². The number of amides is 2. The van der Waals surface area contributed by atoms with Crippen molar-refractivity contribution in [2.24, 2.45) is 5.73 Å². The van der Waals surface area contributed by atoms with Crippen molar-refractivity contribution in [1.82, 2.24) is 38.7 Å². The van der Waals surface area contributed by atoms with Gasteiger partial charge in [-0.2, -0.15) is 10.2 Å². The summed E-state index contributed by atoms with van der Waals surface area (Å²) in [6.07, 6.45) is -0.00159. The molecule has 6 N–H and O–H groups in total. The van der Waals surface area contributed by atoms with Crippen molar-refractivity contribution in [3.8, 4) is 5.75 Å². The fourth-order valence-corrected chi connectivity index (χ4v) is 6.32. The molecule has 1 unspecified atom stereocenters. The van der Waals surface area contributed by atoms with Gasteiger partial charge in [0.1, 0.15) is 17.0 Å². The zero-order valence-electron chi connectivity index (χ0n) is 29.5. The van der Waals surface area contributed by atoms with Crippen LogP contribution in [0.1, 0.15) is 81.2 Å².